The Kier molecular flexibility index (Phi) is 2.78. The molecule has 0 fully saturated rings. The average molecular weight is 240 g/mol. The molecule has 0 saturated carbocycles. The Bertz CT molecular complexity index is 614. The molecule has 3 rings (SSSR count). The molecule has 1 aliphatic rings. The number of rotatable bonds is 1. The standard InChI is InChI=1S/C16H16O2/c1-18-12-8-6-11-7-9-14-13(15(11)10-12)4-2-3-5-16(14)17/h6-10H,2-5H2,1H3. The third kappa shape index (κ3) is 1.78. The number of benzene rings is 2. The van der Waals surface area contributed by atoms with Gasteiger partial charge in [-0.25, -0.2) is 0 Å². The van der Waals surface area contributed by atoms with E-state index in [1.165, 1.54) is 16.3 Å². The quantitative estimate of drug-likeness (QED) is 0.709. The van der Waals surface area contributed by atoms with Gasteiger partial charge in [-0.05, 0) is 47.7 Å². The van der Waals surface area contributed by atoms with E-state index >= 15 is 0 Å². The first kappa shape index (κ1) is 11.3. The highest BCUT2D eigenvalue weighted by Gasteiger charge is 2.17. The van der Waals surface area contributed by atoms with E-state index in [2.05, 4.69) is 6.07 Å². The van der Waals surface area contributed by atoms with Crippen molar-refractivity contribution in [1.29, 1.82) is 0 Å². The monoisotopic (exact) mass is 240 g/mol. The van der Waals surface area contributed by atoms with Crippen LogP contribution in [0.1, 0.15) is 35.2 Å². The number of aryl methyl sites for hydroxylation is 1. The number of Topliss-reactive ketones (excluding diaryl/α,β-unsaturated/α-hetero) is 1. The highest BCUT2D eigenvalue weighted by atomic mass is 16.5. The van der Waals surface area contributed by atoms with Gasteiger partial charge < -0.3 is 4.74 Å². The number of methoxy groups -OCH3 is 1. The van der Waals surface area contributed by atoms with Gasteiger partial charge in [0.1, 0.15) is 5.75 Å². The zero-order valence-corrected chi connectivity index (χ0v) is 10.5. The van der Waals surface area contributed by atoms with Crippen LogP contribution in [0.5, 0.6) is 5.75 Å². The van der Waals surface area contributed by atoms with Gasteiger partial charge in [0.15, 0.2) is 5.78 Å². The topological polar surface area (TPSA) is 26.3 Å². The van der Waals surface area contributed by atoms with E-state index in [0.29, 0.717) is 6.42 Å². The highest BCUT2D eigenvalue weighted by molar-refractivity contribution is 6.03. The van der Waals surface area contributed by atoms with Crippen LogP contribution >= 0.6 is 0 Å². The first-order valence-electron chi connectivity index (χ1n) is 6.42. The van der Waals surface area contributed by atoms with Crippen LogP contribution in [0.2, 0.25) is 0 Å². The summed E-state index contributed by atoms with van der Waals surface area (Å²) in [6.45, 7) is 0. The van der Waals surface area contributed by atoms with Gasteiger partial charge in [0, 0.05) is 12.0 Å². The van der Waals surface area contributed by atoms with Crippen molar-refractivity contribution in [2.24, 2.45) is 0 Å². The van der Waals surface area contributed by atoms with Crippen LogP contribution < -0.4 is 4.74 Å². The maximum atomic E-state index is 12.1. The summed E-state index contributed by atoms with van der Waals surface area (Å²) in [6, 6.07) is 10.1. The minimum Gasteiger partial charge on any atom is -0.497 e. The van der Waals surface area contributed by atoms with Crippen molar-refractivity contribution in [2.75, 3.05) is 7.11 Å². The molecule has 0 atom stereocenters. The number of fused-ring (bicyclic) bond motifs is 3. The molecule has 0 aromatic heterocycles. The van der Waals surface area contributed by atoms with Gasteiger partial charge in [-0.2, -0.15) is 0 Å². The summed E-state index contributed by atoms with van der Waals surface area (Å²) in [4.78, 5) is 12.1. The Balaban J connectivity index is 2.28. The molecule has 2 heteroatoms. The second-order valence-corrected chi connectivity index (χ2v) is 4.81. The molecule has 92 valence electrons. The van der Waals surface area contributed by atoms with E-state index in [1.807, 2.05) is 24.3 Å². The van der Waals surface area contributed by atoms with Crippen LogP contribution in [0, 0.1) is 0 Å². The highest BCUT2D eigenvalue weighted by Crippen LogP contribution is 2.30. The smallest absolute Gasteiger partial charge is 0.163 e. The second-order valence-electron chi connectivity index (χ2n) is 4.81. The first-order chi connectivity index (χ1) is 8.79. The summed E-state index contributed by atoms with van der Waals surface area (Å²) in [5, 5.41) is 2.35. The Morgan fingerprint density at radius 2 is 1.83 bits per heavy atom. The fraction of sp³-hybridized carbons (Fsp3) is 0.312. The van der Waals surface area contributed by atoms with Crippen LogP contribution in [-0.2, 0) is 6.42 Å². The molecule has 0 heterocycles. The lowest BCUT2D eigenvalue weighted by Gasteiger charge is -2.10. The fourth-order valence-electron chi connectivity index (χ4n) is 2.74. The maximum absolute atomic E-state index is 12.1. The van der Waals surface area contributed by atoms with Gasteiger partial charge in [0.25, 0.3) is 0 Å². The molecule has 0 spiro atoms. The molecule has 2 aromatic rings. The van der Waals surface area contributed by atoms with Crippen molar-refractivity contribution in [2.45, 2.75) is 25.7 Å². The van der Waals surface area contributed by atoms with Gasteiger partial charge in [-0.3, -0.25) is 4.79 Å². The van der Waals surface area contributed by atoms with Gasteiger partial charge in [0.05, 0.1) is 7.11 Å². The zero-order valence-electron chi connectivity index (χ0n) is 10.5. The second kappa shape index (κ2) is 4.45. The molecule has 0 bridgehead atoms. The van der Waals surface area contributed by atoms with E-state index in [1.54, 1.807) is 7.11 Å². The number of ketones is 1. The molecule has 18 heavy (non-hydrogen) atoms. The Labute approximate surface area is 107 Å². The van der Waals surface area contributed by atoms with E-state index in [4.69, 9.17) is 4.74 Å². The summed E-state index contributed by atoms with van der Waals surface area (Å²) in [5.74, 6) is 1.14. The lowest BCUT2D eigenvalue weighted by atomic mass is 9.95. The first-order valence-corrected chi connectivity index (χ1v) is 6.42. The van der Waals surface area contributed by atoms with Gasteiger partial charge >= 0.3 is 0 Å². The molecule has 0 radical (unpaired) electrons. The van der Waals surface area contributed by atoms with Crippen molar-refractivity contribution in [3.63, 3.8) is 0 Å². The average Bonchev–Trinajstić information content (AvgIpc) is 2.60. The van der Waals surface area contributed by atoms with Crippen molar-refractivity contribution < 1.29 is 9.53 Å². The number of ether oxygens (including phenoxy) is 1. The molecule has 0 saturated heterocycles. The van der Waals surface area contributed by atoms with Crippen LogP contribution in [0.3, 0.4) is 0 Å². The summed E-state index contributed by atoms with van der Waals surface area (Å²) in [7, 11) is 1.67. The van der Waals surface area contributed by atoms with E-state index in [9.17, 15) is 4.79 Å². The molecule has 2 nitrogen and oxygen atoms in total. The number of hydrogen-bond donors (Lipinski definition) is 0. The van der Waals surface area contributed by atoms with Crippen molar-refractivity contribution in [3.05, 3.63) is 41.5 Å². The van der Waals surface area contributed by atoms with Crippen molar-refractivity contribution in [3.8, 4) is 5.75 Å². The SMILES string of the molecule is COc1ccc2ccc3c(c2c1)CCCCC3=O. The lowest BCUT2D eigenvalue weighted by molar-refractivity contribution is 0.0982. The fourth-order valence-corrected chi connectivity index (χ4v) is 2.74. The molecule has 0 aliphatic heterocycles. The molecule has 0 amide bonds. The van der Waals surface area contributed by atoms with Crippen LogP contribution in [0.15, 0.2) is 30.3 Å². The Morgan fingerprint density at radius 3 is 2.67 bits per heavy atom. The number of hydrogen-bond acceptors (Lipinski definition) is 2. The van der Waals surface area contributed by atoms with Gasteiger partial charge in [-0.1, -0.05) is 18.2 Å². The largest absolute Gasteiger partial charge is 0.497 e. The van der Waals surface area contributed by atoms with E-state index in [-0.39, 0.29) is 5.78 Å². The van der Waals surface area contributed by atoms with Gasteiger partial charge in [-0.15, -0.1) is 0 Å². The minimum atomic E-state index is 0.284. The molecule has 0 N–H and O–H groups in total. The maximum Gasteiger partial charge on any atom is 0.163 e. The minimum absolute atomic E-state index is 0.284. The van der Waals surface area contributed by atoms with Crippen LogP contribution in [0.4, 0.5) is 0 Å². The summed E-state index contributed by atoms with van der Waals surface area (Å²) < 4.78 is 5.29. The predicted octanol–water partition coefficient (Wildman–Crippen LogP) is 3.76. The molecular formula is C16H16O2. The third-order valence-corrected chi connectivity index (χ3v) is 3.72. The Hall–Kier alpha value is -1.83. The van der Waals surface area contributed by atoms with E-state index in [0.717, 1.165) is 30.6 Å². The van der Waals surface area contributed by atoms with Crippen molar-refractivity contribution in [1.82, 2.24) is 0 Å². The summed E-state index contributed by atoms with van der Waals surface area (Å²) >= 11 is 0. The molecular weight excluding hydrogens is 224 g/mol. The summed E-state index contributed by atoms with van der Waals surface area (Å²) in [5.41, 5.74) is 2.11. The van der Waals surface area contributed by atoms with Crippen LogP contribution in [-0.4, -0.2) is 12.9 Å². The Morgan fingerprint density at radius 1 is 1.06 bits per heavy atom. The molecule has 1 aliphatic carbocycles. The molecule has 2 aromatic carbocycles. The zero-order chi connectivity index (χ0) is 12.5. The normalized spacial score (nSPS) is 15.3. The number of carbonyl (C=O) groups is 1. The van der Waals surface area contributed by atoms with Crippen LogP contribution in [0.25, 0.3) is 10.8 Å². The summed E-state index contributed by atoms with van der Waals surface area (Å²) in [6.07, 6.45) is 3.77. The van der Waals surface area contributed by atoms with Gasteiger partial charge in [0.2, 0.25) is 0 Å². The van der Waals surface area contributed by atoms with Crippen molar-refractivity contribution >= 4 is 16.6 Å². The molecule has 0 unspecified atom stereocenters. The van der Waals surface area contributed by atoms with E-state index < -0.39 is 0 Å². The predicted molar refractivity (Wildman–Crippen MR) is 72.4 cm³/mol. The lowest BCUT2D eigenvalue weighted by Crippen LogP contribution is -2.00. The number of carbonyl (C=O) groups excluding carboxylic acids is 1. The third-order valence-electron chi connectivity index (χ3n) is 3.72.